The van der Waals surface area contributed by atoms with Gasteiger partial charge in [-0.2, -0.15) is 0 Å². The first-order chi connectivity index (χ1) is 13.9. The summed E-state index contributed by atoms with van der Waals surface area (Å²) in [6.45, 7) is 5.16. The van der Waals surface area contributed by atoms with Crippen LogP contribution >= 0.6 is 23.2 Å². The lowest BCUT2D eigenvalue weighted by molar-refractivity contribution is -0.139. The largest absolute Gasteiger partial charge is 0.481 e. The van der Waals surface area contributed by atoms with E-state index >= 15 is 0 Å². The number of aliphatic hydroxyl groups excluding tert-OH is 1. The molecule has 0 aromatic heterocycles. The van der Waals surface area contributed by atoms with E-state index in [9.17, 15) is 14.7 Å². The first-order valence-corrected chi connectivity index (χ1v) is 10.1. The third kappa shape index (κ3) is 7.86. The number of ether oxygens (including phenoxy) is 1. The van der Waals surface area contributed by atoms with Gasteiger partial charge in [0.05, 0.1) is 18.6 Å². The van der Waals surface area contributed by atoms with Crippen molar-refractivity contribution in [2.45, 2.75) is 51.4 Å². The van der Waals surface area contributed by atoms with Crippen molar-refractivity contribution < 1.29 is 24.5 Å². The molecule has 1 amide bonds. The number of carbonyl (C=O) groups excluding carboxylic acids is 1. The van der Waals surface area contributed by atoms with Gasteiger partial charge in [-0.1, -0.05) is 47.5 Å². The van der Waals surface area contributed by atoms with Crippen LogP contribution in [-0.2, 0) is 16.0 Å². The summed E-state index contributed by atoms with van der Waals surface area (Å²) in [6, 6.07) is 11.8. The fraction of sp³-hybridized carbons (Fsp3) is 0.364. The van der Waals surface area contributed by atoms with E-state index in [-0.39, 0.29) is 6.42 Å². The molecule has 30 heavy (non-hydrogen) atoms. The molecule has 2 aromatic carbocycles. The summed E-state index contributed by atoms with van der Waals surface area (Å²) in [5.74, 6) is -1.16. The highest BCUT2D eigenvalue weighted by Crippen LogP contribution is 2.27. The van der Waals surface area contributed by atoms with Gasteiger partial charge in [0.15, 0.2) is 0 Å². The van der Waals surface area contributed by atoms with Gasteiger partial charge in [0, 0.05) is 10.0 Å². The van der Waals surface area contributed by atoms with Crippen molar-refractivity contribution in [3.8, 4) is 11.1 Å². The molecule has 8 heteroatoms. The summed E-state index contributed by atoms with van der Waals surface area (Å²) in [5.41, 5.74) is 1.84. The maximum Gasteiger partial charge on any atom is 0.407 e. The van der Waals surface area contributed by atoms with Crippen LogP contribution in [0, 0.1) is 0 Å². The number of nitrogens with one attached hydrogen (secondary N) is 1. The molecule has 0 heterocycles. The Kier molecular flexibility index (Phi) is 8.12. The number of carboxylic acid groups (broad SMARTS) is 1. The van der Waals surface area contributed by atoms with Gasteiger partial charge in [-0.3, -0.25) is 4.79 Å². The van der Waals surface area contributed by atoms with E-state index < -0.39 is 36.2 Å². The van der Waals surface area contributed by atoms with E-state index in [0.29, 0.717) is 10.0 Å². The number of alkyl carbamates (subject to hydrolysis) is 1. The van der Waals surface area contributed by atoms with Gasteiger partial charge in [0.2, 0.25) is 0 Å². The second-order valence-electron chi connectivity index (χ2n) is 7.98. The molecule has 0 aliphatic carbocycles. The van der Waals surface area contributed by atoms with Crippen LogP contribution in [0.4, 0.5) is 4.79 Å². The van der Waals surface area contributed by atoms with Gasteiger partial charge in [-0.15, -0.1) is 0 Å². The summed E-state index contributed by atoms with van der Waals surface area (Å²) < 4.78 is 5.23. The average molecular weight is 454 g/mol. The van der Waals surface area contributed by atoms with E-state index in [2.05, 4.69) is 5.32 Å². The van der Waals surface area contributed by atoms with Gasteiger partial charge in [-0.05, 0) is 62.1 Å². The molecule has 0 saturated heterocycles. The highest BCUT2D eigenvalue weighted by Gasteiger charge is 2.26. The van der Waals surface area contributed by atoms with Crippen LogP contribution in [0.5, 0.6) is 0 Å². The van der Waals surface area contributed by atoms with E-state index in [0.717, 1.165) is 16.7 Å². The van der Waals surface area contributed by atoms with Gasteiger partial charge in [0.25, 0.3) is 0 Å². The Balaban J connectivity index is 2.17. The lowest BCUT2D eigenvalue weighted by Gasteiger charge is -2.26. The second kappa shape index (κ2) is 10.2. The van der Waals surface area contributed by atoms with Crippen molar-refractivity contribution in [3.05, 3.63) is 58.1 Å². The molecule has 6 nitrogen and oxygen atoms in total. The minimum atomic E-state index is -1.28. The van der Waals surface area contributed by atoms with E-state index in [1.165, 1.54) is 0 Å². The van der Waals surface area contributed by atoms with Crippen molar-refractivity contribution in [1.29, 1.82) is 0 Å². The number of carbonyl (C=O) groups is 2. The molecule has 0 unspecified atom stereocenters. The minimum Gasteiger partial charge on any atom is -0.481 e. The zero-order valence-electron chi connectivity index (χ0n) is 17.0. The van der Waals surface area contributed by atoms with E-state index in [4.69, 9.17) is 33.0 Å². The Bertz CT molecular complexity index is 873. The number of carboxylic acids is 1. The molecular formula is C22H25Cl2NO5. The highest BCUT2D eigenvalue weighted by atomic mass is 35.5. The first-order valence-electron chi connectivity index (χ1n) is 9.38. The van der Waals surface area contributed by atoms with Gasteiger partial charge in [-0.25, -0.2) is 4.79 Å². The van der Waals surface area contributed by atoms with Crippen LogP contribution in [0.3, 0.4) is 0 Å². The van der Waals surface area contributed by atoms with Crippen LogP contribution in [0.2, 0.25) is 10.0 Å². The number of amides is 1. The number of aliphatic carboxylic acids is 1. The lowest BCUT2D eigenvalue weighted by Crippen LogP contribution is -2.47. The third-order valence-electron chi connectivity index (χ3n) is 4.16. The maximum atomic E-state index is 12.1. The Labute approximate surface area is 185 Å². The number of hydrogen-bond donors (Lipinski definition) is 3. The lowest BCUT2D eigenvalue weighted by atomic mass is 9.97. The van der Waals surface area contributed by atoms with Gasteiger partial charge < -0.3 is 20.3 Å². The molecule has 0 spiro atoms. The van der Waals surface area contributed by atoms with Crippen molar-refractivity contribution in [2.75, 3.05) is 0 Å². The number of hydrogen-bond acceptors (Lipinski definition) is 4. The van der Waals surface area contributed by atoms with E-state index in [1.54, 1.807) is 39.0 Å². The molecule has 0 bridgehead atoms. The Morgan fingerprint density at radius 1 is 1.03 bits per heavy atom. The summed E-state index contributed by atoms with van der Waals surface area (Å²) >= 11 is 12.1. The fourth-order valence-corrected chi connectivity index (χ4v) is 3.40. The fourth-order valence-electron chi connectivity index (χ4n) is 2.87. The second-order valence-corrected chi connectivity index (χ2v) is 8.85. The molecular weight excluding hydrogens is 429 g/mol. The molecule has 0 aliphatic rings. The summed E-state index contributed by atoms with van der Waals surface area (Å²) in [5, 5.41) is 22.9. The van der Waals surface area contributed by atoms with Crippen LogP contribution in [0.1, 0.15) is 32.8 Å². The smallest absolute Gasteiger partial charge is 0.407 e. The number of benzene rings is 2. The van der Waals surface area contributed by atoms with Crippen molar-refractivity contribution in [2.24, 2.45) is 0 Å². The van der Waals surface area contributed by atoms with Crippen LogP contribution < -0.4 is 5.32 Å². The maximum absolute atomic E-state index is 12.1. The Morgan fingerprint density at radius 2 is 1.60 bits per heavy atom. The topological polar surface area (TPSA) is 95.9 Å². The molecule has 2 aromatic rings. The van der Waals surface area contributed by atoms with E-state index in [1.807, 2.05) is 24.3 Å². The minimum absolute atomic E-state index is 0.226. The van der Waals surface area contributed by atoms with Crippen LogP contribution in [0.15, 0.2) is 42.5 Å². The zero-order valence-corrected chi connectivity index (χ0v) is 18.5. The summed E-state index contributed by atoms with van der Waals surface area (Å²) in [6.07, 6.45) is -2.27. The standard InChI is InChI=1S/C22H25Cl2NO5/c1-22(2,3)30-21(29)25-18(19(26)12-20(27)28)8-13-4-6-14(7-5-13)15-9-16(23)11-17(24)10-15/h4-7,9-11,18-19,26H,8,12H2,1-3H3,(H,25,29)(H,27,28)/t18-,19+/m1/s1. The summed E-state index contributed by atoms with van der Waals surface area (Å²) in [7, 11) is 0. The molecule has 2 atom stereocenters. The third-order valence-corrected chi connectivity index (χ3v) is 4.59. The predicted molar refractivity (Wildman–Crippen MR) is 117 cm³/mol. The molecule has 3 N–H and O–H groups in total. The number of rotatable bonds is 7. The molecule has 162 valence electrons. The van der Waals surface area contributed by atoms with Crippen molar-refractivity contribution in [1.82, 2.24) is 5.32 Å². The van der Waals surface area contributed by atoms with Gasteiger partial charge in [0.1, 0.15) is 5.60 Å². The molecule has 0 fully saturated rings. The average Bonchev–Trinajstić information content (AvgIpc) is 2.58. The van der Waals surface area contributed by atoms with Crippen LogP contribution in [0.25, 0.3) is 11.1 Å². The quantitative estimate of drug-likeness (QED) is 0.551. The van der Waals surface area contributed by atoms with Gasteiger partial charge >= 0.3 is 12.1 Å². The highest BCUT2D eigenvalue weighted by molar-refractivity contribution is 6.35. The summed E-state index contributed by atoms with van der Waals surface area (Å²) in [4.78, 5) is 23.1. The molecule has 0 saturated carbocycles. The Morgan fingerprint density at radius 3 is 2.10 bits per heavy atom. The number of halogens is 2. The van der Waals surface area contributed by atoms with Crippen molar-refractivity contribution >= 4 is 35.3 Å². The molecule has 2 rings (SSSR count). The monoisotopic (exact) mass is 453 g/mol. The van der Waals surface area contributed by atoms with Crippen LogP contribution in [-0.4, -0.2) is 40.0 Å². The van der Waals surface area contributed by atoms with Crippen molar-refractivity contribution in [3.63, 3.8) is 0 Å². The SMILES string of the molecule is CC(C)(C)OC(=O)N[C@H](Cc1ccc(-c2cc(Cl)cc(Cl)c2)cc1)[C@@H](O)CC(=O)O. The predicted octanol–water partition coefficient (Wildman–Crippen LogP) is 4.93. The molecule has 0 aliphatic heterocycles. The number of aliphatic hydroxyl groups is 1. The Hall–Kier alpha value is -2.28. The zero-order chi connectivity index (χ0) is 22.5. The molecule has 0 radical (unpaired) electrons. The first kappa shape index (κ1) is 24.0. The normalized spacial score (nSPS) is 13.4.